The maximum atomic E-state index is 11.5. The fourth-order valence-electron chi connectivity index (χ4n) is 1.90. The normalized spacial score (nSPS) is 11.2. The van der Waals surface area contributed by atoms with E-state index >= 15 is 0 Å². The summed E-state index contributed by atoms with van der Waals surface area (Å²) in [6.07, 6.45) is 0. The lowest BCUT2D eigenvalue weighted by Crippen LogP contribution is -2.14. The summed E-state index contributed by atoms with van der Waals surface area (Å²) in [5.74, 6) is 0.0650. The Labute approximate surface area is 126 Å². The molecule has 2 N–H and O–H groups in total. The average Bonchev–Trinajstić information content (AvgIpc) is 2.45. The molecule has 0 spiro atoms. The highest BCUT2D eigenvalue weighted by atomic mass is 32.2. The predicted octanol–water partition coefficient (Wildman–Crippen LogP) is 3.81. The molecule has 0 aliphatic rings. The van der Waals surface area contributed by atoms with E-state index in [4.69, 9.17) is 0 Å². The molecule has 0 unspecified atom stereocenters. The minimum Gasteiger partial charge on any atom is -0.355 e. The first-order valence-corrected chi connectivity index (χ1v) is 8.49. The van der Waals surface area contributed by atoms with Crippen molar-refractivity contribution in [1.82, 2.24) is 0 Å². The van der Waals surface area contributed by atoms with Gasteiger partial charge in [-0.2, -0.15) is 0 Å². The molecule has 0 amide bonds. The topological polar surface area (TPSA) is 58.2 Å². The van der Waals surface area contributed by atoms with Crippen LogP contribution in [-0.2, 0) is 10.0 Å². The molecule has 0 aliphatic carbocycles. The third-order valence-corrected chi connectivity index (χ3v) is 4.52. The highest BCUT2D eigenvalue weighted by Gasteiger charge is 2.06. The van der Waals surface area contributed by atoms with E-state index in [1.807, 2.05) is 26.0 Å². The van der Waals surface area contributed by atoms with Crippen molar-refractivity contribution >= 4 is 27.1 Å². The molecule has 2 aromatic rings. The second-order valence-electron chi connectivity index (χ2n) is 5.03. The van der Waals surface area contributed by atoms with Crippen LogP contribution in [0.3, 0.4) is 0 Å². The van der Waals surface area contributed by atoms with Crippen LogP contribution in [0.1, 0.15) is 18.1 Å². The zero-order chi connectivity index (χ0) is 15.5. The fourth-order valence-corrected chi connectivity index (χ4v) is 2.54. The summed E-state index contributed by atoms with van der Waals surface area (Å²) in [7, 11) is -3.23. The lowest BCUT2D eigenvalue weighted by atomic mass is 10.1. The van der Waals surface area contributed by atoms with E-state index in [1.54, 1.807) is 19.1 Å². The zero-order valence-corrected chi connectivity index (χ0v) is 13.3. The molecular formula is C16H20N2O2S. The van der Waals surface area contributed by atoms with Crippen molar-refractivity contribution in [1.29, 1.82) is 0 Å². The van der Waals surface area contributed by atoms with E-state index in [0.717, 1.165) is 16.9 Å². The summed E-state index contributed by atoms with van der Waals surface area (Å²) >= 11 is 0. The summed E-state index contributed by atoms with van der Waals surface area (Å²) in [6, 6.07) is 13.4. The first kappa shape index (κ1) is 15.4. The maximum Gasteiger partial charge on any atom is 0.232 e. The van der Waals surface area contributed by atoms with Crippen LogP contribution in [0.4, 0.5) is 17.1 Å². The average molecular weight is 304 g/mol. The van der Waals surface area contributed by atoms with Crippen molar-refractivity contribution in [2.24, 2.45) is 0 Å². The van der Waals surface area contributed by atoms with Crippen LogP contribution < -0.4 is 10.0 Å². The Kier molecular flexibility index (Phi) is 4.53. The SMILES string of the molecule is CCS(=O)(=O)Nc1ccc(Nc2cc(C)ccc2C)cc1. The molecule has 112 valence electrons. The molecule has 0 saturated heterocycles. The quantitative estimate of drug-likeness (QED) is 0.883. The van der Waals surface area contributed by atoms with Crippen LogP contribution in [-0.4, -0.2) is 14.2 Å². The molecule has 0 aliphatic heterocycles. The lowest BCUT2D eigenvalue weighted by molar-refractivity contribution is 0.602. The molecule has 4 nitrogen and oxygen atoms in total. The molecule has 5 heteroatoms. The highest BCUT2D eigenvalue weighted by molar-refractivity contribution is 7.92. The summed E-state index contributed by atoms with van der Waals surface area (Å²) in [4.78, 5) is 0. The summed E-state index contributed by atoms with van der Waals surface area (Å²) in [6.45, 7) is 5.71. The Morgan fingerprint density at radius 1 is 0.952 bits per heavy atom. The van der Waals surface area contributed by atoms with Crippen LogP contribution in [0.25, 0.3) is 0 Å². The van der Waals surface area contributed by atoms with Crippen LogP contribution in [0.15, 0.2) is 42.5 Å². The van der Waals surface area contributed by atoms with E-state index in [1.165, 1.54) is 5.56 Å². The Bertz CT molecular complexity index is 722. The van der Waals surface area contributed by atoms with E-state index in [0.29, 0.717) is 5.69 Å². The number of hydrogen-bond acceptors (Lipinski definition) is 3. The third kappa shape index (κ3) is 4.23. The molecule has 0 aromatic heterocycles. The van der Waals surface area contributed by atoms with Crippen LogP contribution in [0.2, 0.25) is 0 Å². The second-order valence-corrected chi connectivity index (χ2v) is 7.04. The van der Waals surface area contributed by atoms with Crippen LogP contribution in [0, 0.1) is 13.8 Å². The van der Waals surface area contributed by atoms with Gasteiger partial charge in [0.25, 0.3) is 0 Å². The highest BCUT2D eigenvalue weighted by Crippen LogP contribution is 2.23. The Hall–Kier alpha value is -2.01. The third-order valence-electron chi connectivity index (χ3n) is 3.21. The largest absolute Gasteiger partial charge is 0.355 e. The number of aryl methyl sites for hydroxylation is 2. The number of rotatable bonds is 5. The van der Waals surface area contributed by atoms with Crippen molar-refractivity contribution in [3.8, 4) is 0 Å². The van der Waals surface area contributed by atoms with Gasteiger partial charge in [0.05, 0.1) is 5.75 Å². The molecule has 2 rings (SSSR count). The Morgan fingerprint density at radius 3 is 2.19 bits per heavy atom. The van der Waals surface area contributed by atoms with Gasteiger partial charge in [-0.1, -0.05) is 12.1 Å². The Morgan fingerprint density at radius 2 is 1.57 bits per heavy atom. The standard InChI is InChI=1S/C16H20N2O2S/c1-4-21(19,20)18-15-9-7-14(8-10-15)17-16-11-12(2)5-6-13(16)3/h5-11,17-18H,4H2,1-3H3. The number of sulfonamides is 1. The first-order chi connectivity index (χ1) is 9.89. The van der Waals surface area contributed by atoms with Crippen molar-refractivity contribution in [3.63, 3.8) is 0 Å². The van der Waals surface area contributed by atoms with Gasteiger partial charge in [0.1, 0.15) is 0 Å². The van der Waals surface area contributed by atoms with E-state index in [2.05, 4.69) is 28.2 Å². The van der Waals surface area contributed by atoms with E-state index in [-0.39, 0.29) is 5.75 Å². The van der Waals surface area contributed by atoms with Gasteiger partial charge in [-0.05, 0) is 62.2 Å². The maximum absolute atomic E-state index is 11.5. The van der Waals surface area contributed by atoms with Gasteiger partial charge in [-0.25, -0.2) is 8.42 Å². The summed E-state index contributed by atoms with van der Waals surface area (Å²) in [5.41, 5.74) is 4.90. The molecule has 0 radical (unpaired) electrons. The summed E-state index contributed by atoms with van der Waals surface area (Å²) in [5, 5.41) is 3.34. The van der Waals surface area contributed by atoms with Crippen molar-refractivity contribution in [2.75, 3.05) is 15.8 Å². The Balaban J connectivity index is 2.14. The van der Waals surface area contributed by atoms with Crippen LogP contribution in [0.5, 0.6) is 0 Å². The van der Waals surface area contributed by atoms with Gasteiger partial charge in [-0.15, -0.1) is 0 Å². The molecule has 0 bridgehead atoms. The monoisotopic (exact) mass is 304 g/mol. The van der Waals surface area contributed by atoms with Gasteiger partial charge >= 0.3 is 0 Å². The van der Waals surface area contributed by atoms with E-state index in [9.17, 15) is 8.42 Å². The smallest absolute Gasteiger partial charge is 0.232 e. The number of anilines is 3. The second kappa shape index (κ2) is 6.18. The van der Waals surface area contributed by atoms with Gasteiger partial charge < -0.3 is 5.32 Å². The minimum absolute atomic E-state index is 0.0650. The molecule has 0 saturated carbocycles. The molecule has 0 fully saturated rings. The van der Waals surface area contributed by atoms with Gasteiger partial charge in [0.2, 0.25) is 10.0 Å². The number of benzene rings is 2. The summed E-state index contributed by atoms with van der Waals surface area (Å²) < 4.78 is 25.5. The van der Waals surface area contributed by atoms with Crippen molar-refractivity contribution < 1.29 is 8.42 Å². The molecule has 0 atom stereocenters. The number of hydrogen-bond donors (Lipinski definition) is 2. The lowest BCUT2D eigenvalue weighted by Gasteiger charge is -2.11. The zero-order valence-electron chi connectivity index (χ0n) is 12.5. The molecule has 21 heavy (non-hydrogen) atoms. The van der Waals surface area contributed by atoms with Gasteiger partial charge in [0, 0.05) is 17.1 Å². The predicted molar refractivity (Wildman–Crippen MR) is 88.7 cm³/mol. The molecule has 2 aromatic carbocycles. The molecular weight excluding hydrogens is 284 g/mol. The number of nitrogens with one attached hydrogen (secondary N) is 2. The van der Waals surface area contributed by atoms with Crippen molar-refractivity contribution in [3.05, 3.63) is 53.6 Å². The van der Waals surface area contributed by atoms with E-state index < -0.39 is 10.0 Å². The molecule has 0 heterocycles. The van der Waals surface area contributed by atoms with Gasteiger partial charge in [-0.3, -0.25) is 4.72 Å². The minimum atomic E-state index is -3.23. The first-order valence-electron chi connectivity index (χ1n) is 6.84. The van der Waals surface area contributed by atoms with Crippen molar-refractivity contribution in [2.45, 2.75) is 20.8 Å². The fraction of sp³-hybridized carbons (Fsp3) is 0.250. The van der Waals surface area contributed by atoms with Crippen LogP contribution >= 0.6 is 0 Å². The van der Waals surface area contributed by atoms with Gasteiger partial charge in [0.15, 0.2) is 0 Å².